The number of hydrogen-bond acceptors (Lipinski definition) is 5. The van der Waals surface area contributed by atoms with Gasteiger partial charge in [-0.3, -0.25) is 0 Å². The van der Waals surface area contributed by atoms with Gasteiger partial charge < -0.3 is 5.32 Å². The van der Waals surface area contributed by atoms with Crippen LogP contribution in [0.25, 0.3) is 5.52 Å². The Morgan fingerprint density at radius 3 is 2.64 bits per heavy atom. The Bertz CT molecular complexity index is 983. The molecule has 1 saturated carbocycles. The van der Waals surface area contributed by atoms with Crippen LogP contribution in [0.1, 0.15) is 37.3 Å². The zero-order valence-corrected chi connectivity index (χ0v) is 16.2. The Morgan fingerprint density at radius 2 is 2.00 bits per heavy atom. The Kier molecular flexibility index (Phi) is 4.98. The number of fused-ring (bicyclic) bond motifs is 1. The van der Waals surface area contributed by atoms with Crippen LogP contribution in [0.2, 0.25) is 0 Å². The van der Waals surface area contributed by atoms with E-state index in [1.807, 2.05) is 0 Å². The van der Waals surface area contributed by atoms with Crippen molar-refractivity contribution in [2.24, 2.45) is 0 Å². The van der Waals surface area contributed by atoms with Crippen LogP contribution in [0.15, 0.2) is 12.3 Å². The highest BCUT2D eigenvalue weighted by atomic mass is 32.2. The van der Waals surface area contributed by atoms with Gasteiger partial charge in [0, 0.05) is 19.0 Å². The number of nitrogens with one attached hydrogen (secondary N) is 1. The third-order valence-corrected chi connectivity index (χ3v) is 6.86. The smallest absolute Gasteiger partial charge is 0.241 e. The monoisotopic (exact) mass is 417 g/mol. The molecule has 1 N–H and O–H groups in total. The van der Waals surface area contributed by atoms with Crippen molar-refractivity contribution in [2.75, 3.05) is 24.7 Å². The lowest BCUT2D eigenvalue weighted by atomic mass is 10.0. The maximum Gasteiger partial charge on any atom is 0.241 e. The minimum absolute atomic E-state index is 0.0956. The first-order chi connectivity index (χ1) is 13.2. The number of aromatic nitrogens is 3. The predicted molar refractivity (Wildman–Crippen MR) is 97.8 cm³/mol. The van der Waals surface area contributed by atoms with E-state index in [9.17, 15) is 21.6 Å². The van der Waals surface area contributed by atoms with E-state index in [1.54, 1.807) is 0 Å². The first-order valence-corrected chi connectivity index (χ1v) is 11.1. The average Bonchev–Trinajstić information content (AvgIpc) is 3.19. The Hall–Kier alpha value is -1.88. The molecule has 2 aromatic rings. The SMILES string of the molecule is CS(=O)(=O)N1CC[C@@H](Nc2ncc3c(F)cc([C@@H]4CCC[C@@H]4F)n3n2)[C@H](F)C1. The third-order valence-electron chi connectivity index (χ3n) is 5.60. The quantitative estimate of drug-likeness (QED) is 0.826. The Morgan fingerprint density at radius 1 is 1.21 bits per heavy atom. The highest BCUT2D eigenvalue weighted by Gasteiger charge is 2.34. The van der Waals surface area contributed by atoms with Crippen LogP contribution in [0.5, 0.6) is 0 Å². The molecule has 0 bridgehead atoms. The fraction of sp³-hybridized carbons (Fsp3) is 0.647. The van der Waals surface area contributed by atoms with Gasteiger partial charge in [-0.05, 0) is 31.7 Å². The van der Waals surface area contributed by atoms with E-state index >= 15 is 0 Å². The normalized spacial score (nSPS) is 29.4. The number of nitrogens with zero attached hydrogens (tertiary/aromatic N) is 4. The van der Waals surface area contributed by atoms with Crippen LogP contribution in [-0.4, -0.2) is 65.1 Å². The summed E-state index contributed by atoms with van der Waals surface area (Å²) < 4.78 is 68.5. The van der Waals surface area contributed by atoms with Gasteiger partial charge in [-0.25, -0.2) is 31.1 Å². The second kappa shape index (κ2) is 7.18. The van der Waals surface area contributed by atoms with E-state index < -0.39 is 40.1 Å². The minimum atomic E-state index is -3.45. The number of anilines is 1. The van der Waals surface area contributed by atoms with Crippen LogP contribution in [0, 0.1) is 5.82 Å². The summed E-state index contributed by atoms with van der Waals surface area (Å²) in [6.07, 6.45) is 1.90. The topological polar surface area (TPSA) is 79.6 Å². The maximum absolute atomic E-state index is 14.5. The van der Waals surface area contributed by atoms with Gasteiger partial charge in [-0.15, -0.1) is 5.10 Å². The molecule has 4 rings (SSSR count). The molecule has 0 spiro atoms. The van der Waals surface area contributed by atoms with Crippen LogP contribution >= 0.6 is 0 Å². The van der Waals surface area contributed by atoms with Crippen LogP contribution in [-0.2, 0) is 10.0 Å². The zero-order valence-electron chi connectivity index (χ0n) is 15.4. The molecule has 0 radical (unpaired) electrons. The van der Waals surface area contributed by atoms with Gasteiger partial charge >= 0.3 is 0 Å². The summed E-state index contributed by atoms with van der Waals surface area (Å²) in [6, 6.07) is 0.624. The van der Waals surface area contributed by atoms with Gasteiger partial charge in [-0.2, -0.15) is 4.31 Å². The highest BCUT2D eigenvalue weighted by Crippen LogP contribution is 2.37. The molecular formula is C17H22F3N5O2S. The molecule has 0 unspecified atom stereocenters. The second-order valence-corrected chi connectivity index (χ2v) is 9.51. The first-order valence-electron chi connectivity index (χ1n) is 9.28. The van der Waals surface area contributed by atoms with Crippen molar-refractivity contribution in [3.8, 4) is 0 Å². The van der Waals surface area contributed by atoms with Crippen LogP contribution in [0.3, 0.4) is 0 Å². The molecule has 2 aliphatic rings. The zero-order chi connectivity index (χ0) is 20.1. The largest absolute Gasteiger partial charge is 0.347 e. The van der Waals surface area contributed by atoms with Gasteiger partial charge in [-0.1, -0.05) is 0 Å². The molecular weight excluding hydrogens is 395 g/mol. The van der Waals surface area contributed by atoms with E-state index in [0.717, 1.165) is 17.0 Å². The summed E-state index contributed by atoms with van der Waals surface area (Å²) in [6.45, 7) is -0.0537. The molecule has 0 aromatic carbocycles. The Labute approximate surface area is 161 Å². The van der Waals surface area contributed by atoms with Crippen molar-refractivity contribution in [2.45, 2.75) is 50.0 Å². The van der Waals surface area contributed by atoms with Crippen molar-refractivity contribution >= 4 is 21.5 Å². The number of halogens is 3. The summed E-state index contributed by atoms with van der Waals surface area (Å²) in [4.78, 5) is 4.05. The number of rotatable bonds is 4. The van der Waals surface area contributed by atoms with Gasteiger partial charge in [0.05, 0.1) is 24.2 Å². The third kappa shape index (κ3) is 3.57. The predicted octanol–water partition coefficient (Wildman–Crippen LogP) is 2.26. The van der Waals surface area contributed by atoms with Crippen molar-refractivity contribution in [3.05, 3.63) is 23.8 Å². The number of piperidine rings is 1. The van der Waals surface area contributed by atoms with E-state index in [0.29, 0.717) is 18.5 Å². The van der Waals surface area contributed by atoms with Crippen LogP contribution in [0.4, 0.5) is 19.1 Å². The van der Waals surface area contributed by atoms with Crippen molar-refractivity contribution < 1.29 is 21.6 Å². The summed E-state index contributed by atoms with van der Waals surface area (Å²) >= 11 is 0. The molecule has 154 valence electrons. The summed E-state index contributed by atoms with van der Waals surface area (Å²) in [5.41, 5.74) is 0.593. The fourth-order valence-electron chi connectivity index (χ4n) is 4.06. The van der Waals surface area contributed by atoms with Gasteiger partial charge in [0.15, 0.2) is 5.82 Å². The molecule has 2 aromatic heterocycles. The molecule has 1 aliphatic heterocycles. The summed E-state index contributed by atoms with van der Waals surface area (Å²) in [5.74, 6) is -0.852. The van der Waals surface area contributed by atoms with E-state index in [1.165, 1.54) is 16.8 Å². The number of sulfonamides is 1. The molecule has 7 nitrogen and oxygen atoms in total. The fourth-order valence-corrected chi connectivity index (χ4v) is 4.91. The average molecular weight is 417 g/mol. The second-order valence-electron chi connectivity index (χ2n) is 7.53. The Balaban J connectivity index is 1.57. The molecule has 28 heavy (non-hydrogen) atoms. The lowest BCUT2D eigenvalue weighted by Crippen LogP contribution is -2.49. The molecule has 3 heterocycles. The lowest BCUT2D eigenvalue weighted by molar-refractivity contribution is 0.186. The molecule has 1 saturated heterocycles. The van der Waals surface area contributed by atoms with Gasteiger partial charge in [0.25, 0.3) is 0 Å². The lowest BCUT2D eigenvalue weighted by Gasteiger charge is -2.33. The van der Waals surface area contributed by atoms with Crippen LogP contribution < -0.4 is 5.32 Å². The first kappa shape index (κ1) is 19.4. The van der Waals surface area contributed by atoms with E-state index in [-0.39, 0.29) is 31.0 Å². The maximum atomic E-state index is 14.5. The van der Waals surface area contributed by atoms with Crippen molar-refractivity contribution in [3.63, 3.8) is 0 Å². The van der Waals surface area contributed by atoms with Crippen molar-refractivity contribution in [1.82, 2.24) is 18.9 Å². The van der Waals surface area contributed by atoms with E-state index in [2.05, 4.69) is 15.4 Å². The number of alkyl halides is 2. The molecule has 0 amide bonds. The number of hydrogen-bond donors (Lipinski definition) is 1. The molecule has 4 atom stereocenters. The minimum Gasteiger partial charge on any atom is -0.347 e. The standard InChI is InChI=1S/C17H22F3N5O2S/c1-28(26,27)24-6-5-14(13(20)9-24)22-17-21-8-16-12(19)7-15(25(16)23-17)10-3-2-4-11(10)18/h7-8,10-11,13-14H,2-6,9H2,1H3,(H,22,23)/t10-,11+,13-,14-/m1/s1. The van der Waals surface area contributed by atoms with E-state index in [4.69, 9.17) is 0 Å². The van der Waals surface area contributed by atoms with Gasteiger partial charge in [0.1, 0.15) is 17.9 Å². The summed E-state index contributed by atoms with van der Waals surface area (Å²) in [5, 5.41) is 7.14. The molecule has 11 heteroatoms. The van der Waals surface area contributed by atoms with Gasteiger partial charge in [0.2, 0.25) is 16.0 Å². The summed E-state index contributed by atoms with van der Waals surface area (Å²) in [7, 11) is -3.45. The molecule has 1 aliphatic carbocycles. The van der Waals surface area contributed by atoms with Crippen molar-refractivity contribution in [1.29, 1.82) is 0 Å². The highest BCUT2D eigenvalue weighted by molar-refractivity contribution is 7.88. The molecule has 2 fully saturated rings.